The molecule has 2 atom stereocenters. The summed E-state index contributed by atoms with van der Waals surface area (Å²) in [6.07, 6.45) is 70.3. The Morgan fingerprint density at radius 2 is 0.735 bits per heavy atom. The summed E-state index contributed by atoms with van der Waals surface area (Å²) >= 11 is 0. The third kappa shape index (κ3) is 53.7. The first-order chi connectivity index (χ1) is 33.5. The summed E-state index contributed by atoms with van der Waals surface area (Å²) in [6, 6.07) is -0.560. The topological polar surface area (TPSA) is 95.9 Å². The van der Waals surface area contributed by atoms with E-state index >= 15 is 0 Å². The maximum Gasteiger partial charge on any atom is 0.305 e. The molecule has 0 bridgehead atoms. The van der Waals surface area contributed by atoms with Crippen molar-refractivity contribution in [2.75, 3.05) is 13.2 Å². The van der Waals surface area contributed by atoms with Crippen LogP contribution in [-0.2, 0) is 14.3 Å². The summed E-state index contributed by atoms with van der Waals surface area (Å²) in [5.74, 6) is -0.0798. The fraction of sp³-hybridized carbons (Fsp3) is 0.903. The van der Waals surface area contributed by atoms with E-state index in [0.717, 1.165) is 64.2 Å². The number of hydrogen-bond donors (Lipinski definition) is 3. The highest BCUT2D eigenvalue weighted by Crippen LogP contribution is 2.18. The van der Waals surface area contributed by atoms with Crippen molar-refractivity contribution in [3.05, 3.63) is 24.3 Å². The largest absolute Gasteiger partial charge is 0.466 e. The Morgan fingerprint density at radius 1 is 0.412 bits per heavy atom. The molecule has 0 saturated carbocycles. The van der Waals surface area contributed by atoms with Crippen LogP contribution >= 0.6 is 0 Å². The summed E-state index contributed by atoms with van der Waals surface area (Å²) in [6.45, 7) is 4.91. The summed E-state index contributed by atoms with van der Waals surface area (Å²) in [5, 5.41) is 23.4. The molecule has 402 valence electrons. The first-order valence-corrected chi connectivity index (χ1v) is 30.6. The zero-order chi connectivity index (χ0) is 49.3. The number of unbranched alkanes of at least 4 members (excludes halogenated alkanes) is 42. The number of esters is 1. The minimum Gasteiger partial charge on any atom is -0.466 e. The van der Waals surface area contributed by atoms with Gasteiger partial charge in [-0.15, -0.1) is 0 Å². The van der Waals surface area contributed by atoms with Crippen molar-refractivity contribution in [1.29, 1.82) is 0 Å². The minimum atomic E-state index is -0.681. The number of aliphatic hydroxyl groups is 2. The highest BCUT2D eigenvalue weighted by Gasteiger charge is 2.20. The Balaban J connectivity index is 3.46. The van der Waals surface area contributed by atoms with Crippen molar-refractivity contribution in [3.63, 3.8) is 0 Å². The molecule has 2 unspecified atom stereocenters. The molecule has 0 fully saturated rings. The molecule has 0 radical (unpaired) electrons. The predicted octanol–water partition coefficient (Wildman–Crippen LogP) is 19.0. The number of carbonyl (C=O) groups is 2. The van der Waals surface area contributed by atoms with Crippen LogP contribution in [0.25, 0.3) is 0 Å². The number of amides is 1. The Hall–Kier alpha value is -1.66. The molecule has 3 N–H and O–H groups in total. The van der Waals surface area contributed by atoms with Crippen LogP contribution < -0.4 is 5.32 Å². The summed E-state index contributed by atoms with van der Waals surface area (Å²) in [7, 11) is 0. The van der Waals surface area contributed by atoms with Gasteiger partial charge in [0.2, 0.25) is 5.91 Å². The van der Waals surface area contributed by atoms with Crippen molar-refractivity contribution in [2.24, 2.45) is 0 Å². The van der Waals surface area contributed by atoms with Gasteiger partial charge in [-0.2, -0.15) is 0 Å². The SMILES string of the molecule is CCCCCC/C=C\C/C=C\CCCCCCCCCC(=O)OCCCCCCCCCCCCC(=O)NC(CO)C(O)CCCCCCCCCCCCCCCCCCCCCCCCC. The molecule has 0 saturated heterocycles. The Morgan fingerprint density at radius 3 is 1.13 bits per heavy atom. The first-order valence-electron chi connectivity index (χ1n) is 30.6. The molecule has 0 aromatic carbocycles. The molecule has 0 rings (SSSR count). The highest BCUT2D eigenvalue weighted by atomic mass is 16.5. The summed E-state index contributed by atoms with van der Waals surface area (Å²) in [5.41, 5.74) is 0. The number of allylic oxidation sites excluding steroid dienone is 4. The van der Waals surface area contributed by atoms with Gasteiger partial charge in [0.25, 0.3) is 0 Å². The number of aliphatic hydroxyl groups excluding tert-OH is 2. The highest BCUT2D eigenvalue weighted by molar-refractivity contribution is 5.76. The fourth-order valence-corrected chi connectivity index (χ4v) is 9.55. The van der Waals surface area contributed by atoms with Crippen LogP contribution in [0.2, 0.25) is 0 Å². The average Bonchev–Trinajstić information content (AvgIpc) is 3.34. The lowest BCUT2D eigenvalue weighted by atomic mass is 10.0. The van der Waals surface area contributed by atoms with Gasteiger partial charge >= 0.3 is 5.97 Å². The van der Waals surface area contributed by atoms with E-state index in [-0.39, 0.29) is 18.5 Å². The molecule has 0 aliphatic heterocycles. The second kappa shape index (κ2) is 57.9. The maximum absolute atomic E-state index is 12.5. The van der Waals surface area contributed by atoms with Gasteiger partial charge in [-0.25, -0.2) is 0 Å². The molecule has 1 amide bonds. The normalized spacial score (nSPS) is 12.7. The number of nitrogens with one attached hydrogen (secondary N) is 1. The van der Waals surface area contributed by atoms with Crippen LogP contribution in [0.5, 0.6) is 0 Å². The fourth-order valence-electron chi connectivity index (χ4n) is 9.55. The van der Waals surface area contributed by atoms with Crippen LogP contribution in [0.4, 0.5) is 0 Å². The Bertz CT molecular complexity index is 1060. The van der Waals surface area contributed by atoms with Gasteiger partial charge in [-0.1, -0.05) is 289 Å². The summed E-state index contributed by atoms with van der Waals surface area (Å²) in [4.78, 5) is 24.6. The third-order valence-electron chi connectivity index (χ3n) is 14.3. The lowest BCUT2D eigenvalue weighted by molar-refractivity contribution is -0.143. The van der Waals surface area contributed by atoms with Gasteiger partial charge < -0.3 is 20.3 Å². The molecule has 0 aromatic heterocycles. The van der Waals surface area contributed by atoms with E-state index in [2.05, 4.69) is 43.5 Å². The van der Waals surface area contributed by atoms with E-state index in [1.807, 2.05) is 0 Å². The standard InChI is InChI=1S/C62H119NO5/c1-3-5-7-9-11-13-15-17-19-21-23-24-25-26-27-28-30-32-34-38-42-46-50-54-60(65)59(58-64)63-61(66)55-51-47-43-39-36-37-41-45-49-53-57-68-62(67)56-52-48-44-40-35-33-31-29-22-20-18-16-14-12-10-8-6-4-2/h14,16,20,22,59-60,64-65H,3-13,15,17-19,21,23-58H2,1-2H3,(H,63,66)/b16-14-,22-20-. The number of hydrogen-bond acceptors (Lipinski definition) is 5. The Kier molecular flexibility index (Phi) is 56.5. The zero-order valence-electron chi connectivity index (χ0n) is 45.9. The average molecular weight is 959 g/mol. The van der Waals surface area contributed by atoms with E-state index in [1.165, 1.54) is 238 Å². The van der Waals surface area contributed by atoms with E-state index in [1.54, 1.807) is 0 Å². The first kappa shape index (κ1) is 66.3. The smallest absolute Gasteiger partial charge is 0.305 e. The van der Waals surface area contributed by atoms with Crippen LogP contribution in [0, 0.1) is 0 Å². The molecule has 0 aliphatic carbocycles. The number of rotatable bonds is 57. The lowest BCUT2D eigenvalue weighted by Crippen LogP contribution is -2.45. The molecule has 0 spiro atoms. The molecule has 6 heteroatoms. The minimum absolute atomic E-state index is 0.0249. The quantitative estimate of drug-likeness (QED) is 0.0321. The van der Waals surface area contributed by atoms with E-state index in [4.69, 9.17) is 4.74 Å². The maximum atomic E-state index is 12.5. The van der Waals surface area contributed by atoms with Crippen molar-refractivity contribution >= 4 is 11.9 Å². The van der Waals surface area contributed by atoms with Crippen molar-refractivity contribution in [2.45, 2.75) is 347 Å². The predicted molar refractivity (Wildman–Crippen MR) is 296 cm³/mol. The zero-order valence-corrected chi connectivity index (χ0v) is 45.9. The van der Waals surface area contributed by atoms with Gasteiger partial charge in [-0.05, 0) is 57.8 Å². The van der Waals surface area contributed by atoms with Crippen molar-refractivity contribution in [3.8, 4) is 0 Å². The molecule has 0 heterocycles. The van der Waals surface area contributed by atoms with Gasteiger partial charge in [0.05, 0.1) is 25.4 Å². The molecule has 68 heavy (non-hydrogen) atoms. The molecule has 0 aliphatic rings. The van der Waals surface area contributed by atoms with Gasteiger partial charge in [-0.3, -0.25) is 9.59 Å². The van der Waals surface area contributed by atoms with Gasteiger partial charge in [0.1, 0.15) is 0 Å². The second-order valence-corrected chi connectivity index (χ2v) is 21.0. The van der Waals surface area contributed by atoms with Crippen LogP contribution in [0.3, 0.4) is 0 Å². The monoisotopic (exact) mass is 958 g/mol. The van der Waals surface area contributed by atoms with E-state index in [0.29, 0.717) is 25.9 Å². The third-order valence-corrected chi connectivity index (χ3v) is 14.3. The van der Waals surface area contributed by atoms with Crippen molar-refractivity contribution in [1.82, 2.24) is 5.32 Å². The number of carbonyl (C=O) groups excluding carboxylic acids is 2. The molecule has 6 nitrogen and oxygen atoms in total. The number of ether oxygens (including phenoxy) is 1. The van der Waals surface area contributed by atoms with Gasteiger partial charge in [0.15, 0.2) is 0 Å². The van der Waals surface area contributed by atoms with E-state index in [9.17, 15) is 19.8 Å². The van der Waals surface area contributed by atoms with E-state index < -0.39 is 12.1 Å². The van der Waals surface area contributed by atoms with Gasteiger partial charge in [0, 0.05) is 12.8 Å². The molecule has 0 aromatic rings. The lowest BCUT2D eigenvalue weighted by Gasteiger charge is -2.22. The van der Waals surface area contributed by atoms with Crippen LogP contribution in [0.15, 0.2) is 24.3 Å². The molecular weight excluding hydrogens is 839 g/mol. The van der Waals surface area contributed by atoms with Crippen LogP contribution in [0.1, 0.15) is 335 Å². The summed E-state index contributed by atoms with van der Waals surface area (Å²) < 4.78 is 5.47. The van der Waals surface area contributed by atoms with Crippen LogP contribution in [-0.4, -0.2) is 47.4 Å². The Labute approximate surface area is 424 Å². The van der Waals surface area contributed by atoms with Crippen molar-refractivity contribution < 1.29 is 24.5 Å². The second-order valence-electron chi connectivity index (χ2n) is 21.0. The molecular formula is C62H119NO5.